The summed E-state index contributed by atoms with van der Waals surface area (Å²) in [7, 11) is 0. The normalized spacial score (nSPS) is 22.6. The van der Waals surface area contributed by atoms with Crippen molar-refractivity contribution in [3.63, 3.8) is 0 Å². The van der Waals surface area contributed by atoms with Gasteiger partial charge >= 0.3 is 0 Å². The molecule has 3 N–H and O–H groups in total. The average molecular weight is 515 g/mol. The number of amides is 2. The van der Waals surface area contributed by atoms with Crippen molar-refractivity contribution in [3.05, 3.63) is 106 Å². The second kappa shape index (κ2) is 10.5. The van der Waals surface area contributed by atoms with Crippen LogP contribution in [0.25, 0.3) is 0 Å². The van der Waals surface area contributed by atoms with E-state index in [1.165, 1.54) is 18.2 Å². The van der Waals surface area contributed by atoms with Gasteiger partial charge in [0.2, 0.25) is 11.8 Å². The van der Waals surface area contributed by atoms with Gasteiger partial charge in [0.25, 0.3) is 0 Å². The standard InChI is InChI=1S/C31H31FN2O4/c32-23-11-9-21(10-12-23)28-24-6-2-1-5-20(24)15-18-34(28)27(35)14-17-31(38)16-13-22(19-31)29(36)25-7-3-4-8-26(25)30(33)37/h1-12,22,28,38H,13-19H2,(H2,33,37)/t22?,28-,31?/m0/s1. The minimum Gasteiger partial charge on any atom is -0.390 e. The first-order valence-electron chi connectivity index (χ1n) is 13.0. The van der Waals surface area contributed by atoms with Gasteiger partial charge in [-0.1, -0.05) is 54.6 Å². The molecule has 3 aromatic rings. The summed E-state index contributed by atoms with van der Waals surface area (Å²) >= 11 is 0. The molecule has 3 aromatic carbocycles. The van der Waals surface area contributed by atoms with Gasteiger partial charge in [0.1, 0.15) is 5.82 Å². The van der Waals surface area contributed by atoms with Crippen molar-refractivity contribution in [2.45, 2.75) is 50.2 Å². The molecule has 3 atom stereocenters. The largest absolute Gasteiger partial charge is 0.390 e. The Labute approximate surface area is 221 Å². The Morgan fingerprint density at radius 3 is 2.39 bits per heavy atom. The van der Waals surface area contributed by atoms with E-state index in [4.69, 9.17) is 5.73 Å². The fourth-order valence-corrected chi connectivity index (χ4v) is 6.01. The van der Waals surface area contributed by atoms with Crippen molar-refractivity contribution in [3.8, 4) is 0 Å². The summed E-state index contributed by atoms with van der Waals surface area (Å²) in [4.78, 5) is 40.3. The number of nitrogens with two attached hydrogens (primary N) is 1. The third-order valence-corrected chi connectivity index (χ3v) is 8.01. The maximum atomic E-state index is 13.6. The number of primary amides is 1. The Kier molecular flexibility index (Phi) is 7.13. The summed E-state index contributed by atoms with van der Waals surface area (Å²) in [6.45, 7) is 0.529. The number of rotatable bonds is 7. The van der Waals surface area contributed by atoms with Gasteiger partial charge in [0.05, 0.1) is 11.6 Å². The summed E-state index contributed by atoms with van der Waals surface area (Å²) in [5, 5.41) is 11.3. The quantitative estimate of drug-likeness (QED) is 0.450. The number of hydrogen-bond donors (Lipinski definition) is 2. The molecule has 2 unspecified atom stereocenters. The van der Waals surface area contributed by atoms with E-state index in [2.05, 4.69) is 6.07 Å². The molecule has 1 saturated carbocycles. The summed E-state index contributed by atoms with van der Waals surface area (Å²) < 4.78 is 13.6. The highest BCUT2D eigenvalue weighted by atomic mass is 19.1. The van der Waals surface area contributed by atoms with E-state index >= 15 is 0 Å². The Hall–Kier alpha value is -3.84. The molecule has 2 aliphatic rings. The van der Waals surface area contributed by atoms with E-state index in [0.717, 1.165) is 23.1 Å². The molecule has 0 spiro atoms. The third kappa shape index (κ3) is 5.11. The fourth-order valence-electron chi connectivity index (χ4n) is 6.01. The molecule has 2 amide bonds. The molecule has 0 radical (unpaired) electrons. The molecule has 38 heavy (non-hydrogen) atoms. The van der Waals surface area contributed by atoms with Gasteiger partial charge < -0.3 is 15.7 Å². The van der Waals surface area contributed by atoms with Gasteiger partial charge in [-0.3, -0.25) is 14.4 Å². The molecule has 6 nitrogen and oxygen atoms in total. The first kappa shape index (κ1) is 25.8. The zero-order valence-electron chi connectivity index (χ0n) is 21.1. The molecular weight excluding hydrogens is 483 g/mol. The Morgan fingerprint density at radius 1 is 0.974 bits per heavy atom. The number of halogens is 1. The lowest BCUT2D eigenvalue weighted by molar-refractivity contribution is -0.134. The van der Waals surface area contributed by atoms with Crippen LogP contribution in [-0.4, -0.2) is 39.7 Å². The second-order valence-corrected chi connectivity index (χ2v) is 10.4. The summed E-state index contributed by atoms with van der Waals surface area (Å²) in [6.07, 6.45) is 2.21. The lowest BCUT2D eigenvalue weighted by Crippen LogP contribution is -2.41. The Morgan fingerprint density at radius 2 is 1.66 bits per heavy atom. The van der Waals surface area contributed by atoms with E-state index in [1.54, 1.807) is 30.3 Å². The molecule has 1 aliphatic carbocycles. The number of Topliss-reactive ketones (excluding diaryl/α,β-unsaturated/α-hetero) is 1. The summed E-state index contributed by atoms with van der Waals surface area (Å²) in [6, 6.07) is 20.4. The van der Waals surface area contributed by atoms with E-state index in [0.29, 0.717) is 19.4 Å². The number of nitrogens with zero attached hydrogens (tertiary/aromatic N) is 1. The third-order valence-electron chi connectivity index (χ3n) is 8.01. The SMILES string of the molecule is NC(=O)c1ccccc1C(=O)C1CCC(O)(CCC(=O)N2CCc3ccccc3[C@@H]2c2ccc(F)cc2)C1. The predicted octanol–water partition coefficient (Wildman–Crippen LogP) is 4.59. The Balaban J connectivity index is 1.29. The highest BCUT2D eigenvalue weighted by Crippen LogP contribution is 2.41. The summed E-state index contributed by atoms with van der Waals surface area (Å²) in [5.74, 6) is -1.72. The van der Waals surface area contributed by atoms with Crippen LogP contribution in [0, 0.1) is 11.7 Å². The van der Waals surface area contributed by atoms with Crippen molar-refractivity contribution in [1.82, 2.24) is 4.90 Å². The van der Waals surface area contributed by atoms with Crippen LogP contribution in [0.4, 0.5) is 4.39 Å². The molecule has 1 fully saturated rings. The number of benzene rings is 3. The van der Waals surface area contributed by atoms with Crippen LogP contribution in [0.5, 0.6) is 0 Å². The number of ketones is 1. The van der Waals surface area contributed by atoms with E-state index in [9.17, 15) is 23.9 Å². The van der Waals surface area contributed by atoms with E-state index < -0.39 is 17.4 Å². The van der Waals surface area contributed by atoms with Crippen LogP contribution in [0.3, 0.4) is 0 Å². The van der Waals surface area contributed by atoms with Crippen molar-refractivity contribution in [2.75, 3.05) is 6.54 Å². The van der Waals surface area contributed by atoms with Crippen molar-refractivity contribution >= 4 is 17.6 Å². The van der Waals surface area contributed by atoms with Crippen molar-refractivity contribution in [1.29, 1.82) is 0 Å². The molecular formula is C31H31FN2O4. The van der Waals surface area contributed by atoms with Gasteiger partial charge in [-0.2, -0.15) is 0 Å². The fraction of sp³-hybridized carbons (Fsp3) is 0.323. The first-order valence-corrected chi connectivity index (χ1v) is 13.0. The van der Waals surface area contributed by atoms with Crippen LogP contribution in [0.1, 0.15) is 75.6 Å². The maximum Gasteiger partial charge on any atom is 0.249 e. The smallest absolute Gasteiger partial charge is 0.249 e. The van der Waals surface area contributed by atoms with Crippen molar-refractivity contribution in [2.24, 2.45) is 11.7 Å². The molecule has 0 saturated heterocycles. The molecule has 1 heterocycles. The van der Waals surface area contributed by atoms with Crippen LogP contribution in [0.15, 0.2) is 72.8 Å². The lowest BCUT2D eigenvalue weighted by Gasteiger charge is -2.38. The van der Waals surface area contributed by atoms with Gasteiger partial charge in [0, 0.05) is 30.0 Å². The highest BCUT2D eigenvalue weighted by molar-refractivity contribution is 6.08. The minimum absolute atomic E-state index is 0.0869. The monoisotopic (exact) mass is 514 g/mol. The van der Waals surface area contributed by atoms with Crippen molar-refractivity contribution < 1.29 is 23.9 Å². The molecule has 0 aromatic heterocycles. The number of hydrogen-bond acceptors (Lipinski definition) is 4. The second-order valence-electron chi connectivity index (χ2n) is 10.4. The highest BCUT2D eigenvalue weighted by Gasteiger charge is 2.42. The number of fused-ring (bicyclic) bond motifs is 1. The number of aliphatic hydroxyl groups is 1. The predicted molar refractivity (Wildman–Crippen MR) is 141 cm³/mol. The molecule has 7 heteroatoms. The van der Waals surface area contributed by atoms with Gasteiger partial charge in [-0.15, -0.1) is 0 Å². The molecule has 5 rings (SSSR count). The van der Waals surface area contributed by atoms with Crippen LogP contribution in [0.2, 0.25) is 0 Å². The average Bonchev–Trinajstić information content (AvgIpc) is 3.33. The molecule has 1 aliphatic heterocycles. The lowest BCUT2D eigenvalue weighted by atomic mass is 9.87. The summed E-state index contributed by atoms with van der Waals surface area (Å²) in [5.41, 5.74) is 7.79. The van der Waals surface area contributed by atoms with Gasteiger partial charge in [-0.05, 0) is 67.0 Å². The van der Waals surface area contributed by atoms with Gasteiger partial charge in [0.15, 0.2) is 5.78 Å². The van der Waals surface area contributed by atoms with Crippen LogP contribution >= 0.6 is 0 Å². The molecule has 196 valence electrons. The Bertz CT molecular complexity index is 1370. The zero-order valence-corrected chi connectivity index (χ0v) is 21.1. The zero-order chi connectivity index (χ0) is 26.9. The molecule has 0 bridgehead atoms. The minimum atomic E-state index is -1.14. The van der Waals surface area contributed by atoms with Crippen LogP contribution in [-0.2, 0) is 11.2 Å². The van der Waals surface area contributed by atoms with E-state index in [1.807, 2.05) is 23.1 Å². The van der Waals surface area contributed by atoms with Gasteiger partial charge in [-0.25, -0.2) is 4.39 Å². The number of carbonyl (C=O) groups is 3. The van der Waals surface area contributed by atoms with Crippen LogP contribution < -0.4 is 5.73 Å². The number of carbonyl (C=O) groups excluding carboxylic acids is 3. The maximum absolute atomic E-state index is 13.6. The van der Waals surface area contributed by atoms with E-state index in [-0.39, 0.29) is 53.9 Å². The topological polar surface area (TPSA) is 101 Å². The first-order chi connectivity index (χ1) is 18.3.